The molecule has 90 valence electrons. The number of allylic oxidation sites excluding steroid dienone is 4. The zero-order valence-electron chi connectivity index (χ0n) is 9.92. The van der Waals surface area contributed by atoms with E-state index in [1.807, 2.05) is 24.3 Å². The first-order valence-electron chi connectivity index (χ1n) is 5.45. The predicted octanol–water partition coefficient (Wildman–Crippen LogP) is 1.44. The maximum Gasteiger partial charge on any atom is 0.224 e. The van der Waals surface area contributed by atoms with Crippen molar-refractivity contribution in [3.05, 3.63) is 35.5 Å². The molecule has 2 aliphatic rings. The quantitative estimate of drug-likeness (QED) is 0.547. The van der Waals surface area contributed by atoms with Crippen molar-refractivity contribution < 1.29 is 14.3 Å². The first-order chi connectivity index (χ1) is 8.28. The highest BCUT2D eigenvalue weighted by Crippen LogP contribution is 2.36. The Kier molecular flexibility index (Phi) is 3.36. The highest BCUT2D eigenvalue weighted by molar-refractivity contribution is 5.80. The van der Waals surface area contributed by atoms with Gasteiger partial charge in [0.15, 0.2) is 6.04 Å². The van der Waals surface area contributed by atoms with Gasteiger partial charge in [0, 0.05) is 26.0 Å². The molecule has 0 aromatic heterocycles. The molecule has 0 aromatic rings. The summed E-state index contributed by atoms with van der Waals surface area (Å²) in [5.74, 6) is -1.12. The van der Waals surface area contributed by atoms with Gasteiger partial charge in [-0.1, -0.05) is 18.2 Å². The van der Waals surface area contributed by atoms with Crippen molar-refractivity contribution in [3.63, 3.8) is 0 Å². The van der Waals surface area contributed by atoms with E-state index >= 15 is 0 Å². The van der Waals surface area contributed by atoms with Crippen molar-refractivity contribution in [2.24, 2.45) is 4.99 Å². The van der Waals surface area contributed by atoms with E-state index in [1.165, 1.54) is 14.2 Å². The van der Waals surface area contributed by atoms with E-state index in [4.69, 9.17) is 9.47 Å². The Morgan fingerprint density at radius 1 is 1.47 bits per heavy atom. The number of rotatable bonds is 3. The van der Waals surface area contributed by atoms with E-state index < -0.39 is 11.8 Å². The highest BCUT2D eigenvalue weighted by Gasteiger charge is 2.45. The average Bonchev–Trinajstić information content (AvgIpc) is 2.55. The number of carbonyl (C=O) groups excluding carboxylic acids is 1. The first-order valence-corrected chi connectivity index (χ1v) is 5.45. The molecule has 4 nitrogen and oxygen atoms in total. The number of ether oxygens (including phenoxy) is 2. The zero-order chi connectivity index (χ0) is 12.3. The third kappa shape index (κ3) is 1.79. The molecular weight excluding hydrogens is 218 g/mol. The summed E-state index contributed by atoms with van der Waals surface area (Å²) in [5.41, 5.74) is 1.83. The molecule has 0 spiro atoms. The lowest BCUT2D eigenvalue weighted by atomic mass is 9.89. The monoisotopic (exact) mass is 233 g/mol. The largest absolute Gasteiger partial charge is 0.347 e. The lowest BCUT2D eigenvalue weighted by molar-refractivity contribution is -0.187. The number of hydrogen-bond acceptors (Lipinski definition) is 4. The Morgan fingerprint density at radius 3 is 2.88 bits per heavy atom. The number of aldehydes is 1. The molecule has 1 aliphatic heterocycles. The number of fused-ring (bicyclic) bond motifs is 1. The minimum atomic E-state index is -1.12. The fourth-order valence-corrected chi connectivity index (χ4v) is 2.22. The smallest absolute Gasteiger partial charge is 0.224 e. The summed E-state index contributed by atoms with van der Waals surface area (Å²) in [4.78, 5) is 15.3. The zero-order valence-corrected chi connectivity index (χ0v) is 9.92. The topological polar surface area (TPSA) is 47.9 Å². The molecule has 0 saturated carbocycles. The molecule has 0 radical (unpaired) electrons. The number of carbonyl (C=O) groups is 1. The molecule has 4 heteroatoms. The Morgan fingerprint density at radius 2 is 2.24 bits per heavy atom. The minimum absolute atomic E-state index is 0.691. The van der Waals surface area contributed by atoms with Gasteiger partial charge in [-0.3, -0.25) is 4.99 Å². The Labute approximate surface area is 100 Å². The summed E-state index contributed by atoms with van der Waals surface area (Å²) < 4.78 is 10.9. The van der Waals surface area contributed by atoms with Crippen LogP contribution in [0.15, 0.2) is 40.4 Å². The van der Waals surface area contributed by atoms with E-state index in [0.717, 1.165) is 23.9 Å². The molecule has 1 aliphatic carbocycles. The standard InChI is InChI=1S/C13H15NO3/c1-16-13(17-2)11-6-4-3-5-10(11)7-8-14-12(13)9-15/h3,5-9,12H,4H2,1-2H3. The molecule has 2 rings (SSSR count). The van der Waals surface area contributed by atoms with Gasteiger partial charge in [-0.2, -0.15) is 0 Å². The van der Waals surface area contributed by atoms with Crippen molar-refractivity contribution in [1.82, 2.24) is 0 Å². The maximum atomic E-state index is 11.2. The van der Waals surface area contributed by atoms with Crippen LogP contribution in [0.25, 0.3) is 0 Å². The summed E-state index contributed by atoms with van der Waals surface area (Å²) in [5, 5.41) is 0. The second kappa shape index (κ2) is 4.77. The molecule has 0 N–H and O–H groups in total. The first kappa shape index (κ1) is 12.0. The fraction of sp³-hybridized carbons (Fsp3) is 0.385. The van der Waals surface area contributed by atoms with Crippen LogP contribution in [-0.4, -0.2) is 38.5 Å². The molecule has 0 amide bonds. The second-order valence-electron chi connectivity index (χ2n) is 3.83. The molecule has 1 atom stereocenters. The normalized spacial score (nSPS) is 25.6. The van der Waals surface area contributed by atoms with Crippen LogP contribution in [0.4, 0.5) is 0 Å². The van der Waals surface area contributed by atoms with Crippen LogP contribution in [0.1, 0.15) is 6.42 Å². The van der Waals surface area contributed by atoms with Crippen LogP contribution in [0, 0.1) is 0 Å². The summed E-state index contributed by atoms with van der Waals surface area (Å²) in [7, 11) is 3.05. The van der Waals surface area contributed by atoms with Gasteiger partial charge in [-0.15, -0.1) is 0 Å². The molecule has 1 heterocycles. The van der Waals surface area contributed by atoms with Gasteiger partial charge >= 0.3 is 0 Å². The second-order valence-corrected chi connectivity index (χ2v) is 3.83. The van der Waals surface area contributed by atoms with Crippen molar-refractivity contribution in [2.45, 2.75) is 18.2 Å². The van der Waals surface area contributed by atoms with Gasteiger partial charge in [-0.25, -0.2) is 0 Å². The van der Waals surface area contributed by atoms with E-state index in [-0.39, 0.29) is 0 Å². The van der Waals surface area contributed by atoms with Gasteiger partial charge in [-0.05, 0) is 18.1 Å². The van der Waals surface area contributed by atoms with Crippen LogP contribution >= 0.6 is 0 Å². The van der Waals surface area contributed by atoms with Gasteiger partial charge in [0.2, 0.25) is 5.79 Å². The summed E-state index contributed by atoms with van der Waals surface area (Å²) in [6.45, 7) is 0. The third-order valence-electron chi connectivity index (χ3n) is 3.07. The van der Waals surface area contributed by atoms with Gasteiger partial charge < -0.3 is 14.3 Å². The number of hydrogen-bond donors (Lipinski definition) is 0. The van der Waals surface area contributed by atoms with Gasteiger partial charge in [0.25, 0.3) is 0 Å². The SMILES string of the molecule is COC1(OC)C2=CCC=CC2=CC=NC1C=O. The Bertz CT molecular complexity index is 428. The van der Waals surface area contributed by atoms with Crippen LogP contribution in [-0.2, 0) is 14.3 Å². The highest BCUT2D eigenvalue weighted by atomic mass is 16.7. The molecule has 1 unspecified atom stereocenters. The lowest BCUT2D eigenvalue weighted by Crippen LogP contribution is -2.48. The Hall–Kier alpha value is -1.52. The lowest BCUT2D eigenvalue weighted by Gasteiger charge is -2.36. The Balaban J connectivity index is 2.55. The fourth-order valence-electron chi connectivity index (χ4n) is 2.22. The molecule has 17 heavy (non-hydrogen) atoms. The predicted molar refractivity (Wildman–Crippen MR) is 65.0 cm³/mol. The number of methoxy groups -OCH3 is 2. The summed E-state index contributed by atoms with van der Waals surface area (Å²) in [6, 6.07) is -0.691. The van der Waals surface area contributed by atoms with E-state index in [0.29, 0.717) is 0 Å². The van der Waals surface area contributed by atoms with Crippen molar-refractivity contribution in [2.75, 3.05) is 14.2 Å². The van der Waals surface area contributed by atoms with Crippen LogP contribution in [0.3, 0.4) is 0 Å². The van der Waals surface area contributed by atoms with Gasteiger partial charge in [0.05, 0.1) is 0 Å². The molecule has 0 saturated heterocycles. The van der Waals surface area contributed by atoms with Crippen LogP contribution < -0.4 is 0 Å². The van der Waals surface area contributed by atoms with E-state index in [2.05, 4.69) is 4.99 Å². The number of nitrogens with zero attached hydrogens (tertiary/aromatic N) is 1. The molecule has 0 fully saturated rings. The van der Waals surface area contributed by atoms with Crippen molar-refractivity contribution in [1.29, 1.82) is 0 Å². The summed E-state index contributed by atoms with van der Waals surface area (Å²) in [6.07, 6.45) is 11.1. The van der Waals surface area contributed by atoms with E-state index in [1.54, 1.807) is 6.21 Å². The van der Waals surface area contributed by atoms with Crippen molar-refractivity contribution in [3.8, 4) is 0 Å². The average molecular weight is 233 g/mol. The summed E-state index contributed by atoms with van der Waals surface area (Å²) >= 11 is 0. The van der Waals surface area contributed by atoms with Crippen molar-refractivity contribution >= 4 is 12.5 Å². The maximum absolute atomic E-state index is 11.2. The van der Waals surface area contributed by atoms with Crippen LogP contribution in [0.2, 0.25) is 0 Å². The molecular formula is C13H15NO3. The third-order valence-corrected chi connectivity index (χ3v) is 3.07. The minimum Gasteiger partial charge on any atom is -0.347 e. The molecule has 0 bridgehead atoms. The molecule has 0 aromatic carbocycles. The van der Waals surface area contributed by atoms with E-state index in [9.17, 15) is 4.79 Å². The number of aliphatic imine (C=N–C) groups is 1. The van der Waals surface area contributed by atoms with Gasteiger partial charge in [0.1, 0.15) is 6.29 Å². The van der Waals surface area contributed by atoms with Crippen LogP contribution in [0.5, 0.6) is 0 Å².